The molecule has 1 aromatic heterocycles. The van der Waals surface area contributed by atoms with Crippen LogP contribution in [0.4, 0.5) is 0 Å². The minimum absolute atomic E-state index is 0.0534. The maximum absolute atomic E-state index is 12.1. The minimum Gasteiger partial charge on any atom is -0.345 e. The number of aryl methyl sites for hydroxylation is 1. The first-order chi connectivity index (χ1) is 10.1. The van der Waals surface area contributed by atoms with E-state index in [9.17, 15) is 4.79 Å². The predicted molar refractivity (Wildman–Crippen MR) is 83.0 cm³/mol. The number of fused-ring (bicyclic) bond motifs is 1. The fraction of sp³-hybridized carbons (Fsp3) is 0.176. The van der Waals surface area contributed by atoms with Crippen LogP contribution in [0.15, 0.2) is 54.9 Å². The second-order valence-electron chi connectivity index (χ2n) is 5.20. The molecule has 4 nitrogen and oxygen atoms in total. The van der Waals surface area contributed by atoms with Crippen LogP contribution in [0.5, 0.6) is 0 Å². The van der Waals surface area contributed by atoms with Crippen molar-refractivity contribution in [2.24, 2.45) is 7.05 Å². The summed E-state index contributed by atoms with van der Waals surface area (Å²) >= 11 is 0. The van der Waals surface area contributed by atoms with E-state index in [0.29, 0.717) is 5.56 Å². The average molecular weight is 279 g/mol. The van der Waals surface area contributed by atoms with Crippen LogP contribution in [-0.4, -0.2) is 15.7 Å². The van der Waals surface area contributed by atoms with Gasteiger partial charge < -0.3 is 5.32 Å². The Balaban J connectivity index is 1.80. The normalized spacial score (nSPS) is 12.3. The molecule has 1 amide bonds. The van der Waals surface area contributed by atoms with E-state index in [1.54, 1.807) is 24.1 Å². The molecule has 0 aliphatic carbocycles. The standard InChI is InChI=1S/C17H17N3O/c1-12(19-17(21)16-10-18-20(2)11-16)14-8-7-13-5-3-4-6-15(13)9-14/h3-12H,1-2H3,(H,19,21). The minimum atomic E-state index is -0.108. The number of hydrogen-bond donors (Lipinski definition) is 1. The number of rotatable bonds is 3. The number of nitrogens with one attached hydrogen (secondary N) is 1. The molecule has 0 bridgehead atoms. The maximum Gasteiger partial charge on any atom is 0.254 e. The highest BCUT2D eigenvalue weighted by Gasteiger charge is 2.13. The lowest BCUT2D eigenvalue weighted by Crippen LogP contribution is -2.26. The lowest BCUT2D eigenvalue weighted by molar-refractivity contribution is 0.0940. The first-order valence-corrected chi connectivity index (χ1v) is 6.92. The van der Waals surface area contributed by atoms with Gasteiger partial charge >= 0.3 is 0 Å². The second kappa shape index (κ2) is 5.40. The van der Waals surface area contributed by atoms with Crippen LogP contribution in [0.3, 0.4) is 0 Å². The molecule has 1 unspecified atom stereocenters. The van der Waals surface area contributed by atoms with Gasteiger partial charge in [-0.3, -0.25) is 9.48 Å². The molecule has 21 heavy (non-hydrogen) atoms. The van der Waals surface area contributed by atoms with E-state index < -0.39 is 0 Å². The summed E-state index contributed by atoms with van der Waals surface area (Å²) in [6, 6.07) is 14.4. The summed E-state index contributed by atoms with van der Waals surface area (Å²) in [7, 11) is 1.80. The third-order valence-electron chi connectivity index (χ3n) is 3.59. The molecule has 3 aromatic rings. The molecule has 1 N–H and O–H groups in total. The van der Waals surface area contributed by atoms with Crippen molar-refractivity contribution >= 4 is 16.7 Å². The summed E-state index contributed by atoms with van der Waals surface area (Å²) in [5.41, 5.74) is 1.66. The van der Waals surface area contributed by atoms with E-state index in [1.807, 2.05) is 19.1 Å². The maximum atomic E-state index is 12.1. The van der Waals surface area contributed by atoms with E-state index in [-0.39, 0.29) is 11.9 Å². The summed E-state index contributed by atoms with van der Waals surface area (Å²) in [6.07, 6.45) is 3.28. The number of benzene rings is 2. The highest BCUT2D eigenvalue weighted by atomic mass is 16.1. The van der Waals surface area contributed by atoms with Crippen molar-refractivity contribution in [3.05, 3.63) is 66.0 Å². The number of nitrogens with zero attached hydrogens (tertiary/aromatic N) is 2. The van der Waals surface area contributed by atoms with Crippen molar-refractivity contribution in [2.75, 3.05) is 0 Å². The van der Waals surface area contributed by atoms with Gasteiger partial charge in [-0.1, -0.05) is 36.4 Å². The molecule has 1 heterocycles. The second-order valence-corrected chi connectivity index (χ2v) is 5.20. The van der Waals surface area contributed by atoms with Gasteiger partial charge in [-0.15, -0.1) is 0 Å². The average Bonchev–Trinajstić information content (AvgIpc) is 2.93. The Morgan fingerprint density at radius 1 is 1.19 bits per heavy atom. The van der Waals surface area contributed by atoms with Gasteiger partial charge in [-0.2, -0.15) is 5.10 Å². The Hall–Kier alpha value is -2.62. The fourth-order valence-corrected chi connectivity index (χ4v) is 2.38. The SMILES string of the molecule is CC(NC(=O)c1cnn(C)c1)c1ccc2ccccc2c1. The van der Waals surface area contributed by atoms with Crippen molar-refractivity contribution in [1.29, 1.82) is 0 Å². The van der Waals surface area contributed by atoms with Gasteiger partial charge in [0.15, 0.2) is 0 Å². The Morgan fingerprint density at radius 2 is 1.95 bits per heavy atom. The number of carbonyl (C=O) groups excluding carboxylic acids is 1. The van der Waals surface area contributed by atoms with Crippen LogP contribution in [0.1, 0.15) is 28.9 Å². The molecule has 0 aliphatic rings. The summed E-state index contributed by atoms with van der Waals surface area (Å²) in [5.74, 6) is -0.108. The Bertz CT molecular complexity index is 791. The zero-order valence-electron chi connectivity index (χ0n) is 12.1. The van der Waals surface area contributed by atoms with Gasteiger partial charge in [0, 0.05) is 13.2 Å². The Kier molecular flexibility index (Phi) is 3.44. The van der Waals surface area contributed by atoms with Crippen LogP contribution in [0.25, 0.3) is 10.8 Å². The summed E-state index contributed by atoms with van der Waals surface area (Å²) in [5, 5.41) is 9.39. The van der Waals surface area contributed by atoms with Gasteiger partial charge in [-0.05, 0) is 29.3 Å². The number of carbonyl (C=O) groups is 1. The van der Waals surface area contributed by atoms with E-state index >= 15 is 0 Å². The molecule has 106 valence electrons. The lowest BCUT2D eigenvalue weighted by atomic mass is 10.0. The highest BCUT2D eigenvalue weighted by Crippen LogP contribution is 2.20. The first-order valence-electron chi connectivity index (χ1n) is 6.92. The topological polar surface area (TPSA) is 46.9 Å². The van der Waals surface area contributed by atoms with Gasteiger partial charge in [0.05, 0.1) is 17.8 Å². The third kappa shape index (κ3) is 2.79. The van der Waals surface area contributed by atoms with Gasteiger partial charge in [0.1, 0.15) is 0 Å². The van der Waals surface area contributed by atoms with Crippen molar-refractivity contribution in [1.82, 2.24) is 15.1 Å². The fourth-order valence-electron chi connectivity index (χ4n) is 2.38. The quantitative estimate of drug-likeness (QED) is 0.801. The van der Waals surface area contributed by atoms with Crippen LogP contribution >= 0.6 is 0 Å². The Morgan fingerprint density at radius 3 is 2.67 bits per heavy atom. The van der Waals surface area contributed by atoms with Crippen molar-refractivity contribution in [3.63, 3.8) is 0 Å². The molecule has 0 saturated carbocycles. The molecular weight excluding hydrogens is 262 g/mol. The van der Waals surface area contributed by atoms with Gasteiger partial charge in [0.25, 0.3) is 5.91 Å². The van der Waals surface area contributed by atoms with E-state index in [4.69, 9.17) is 0 Å². The van der Waals surface area contributed by atoms with Crippen LogP contribution in [0.2, 0.25) is 0 Å². The highest BCUT2D eigenvalue weighted by molar-refractivity contribution is 5.94. The molecule has 0 fully saturated rings. The number of hydrogen-bond acceptors (Lipinski definition) is 2. The zero-order chi connectivity index (χ0) is 14.8. The van der Waals surface area contributed by atoms with Crippen LogP contribution < -0.4 is 5.32 Å². The monoisotopic (exact) mass is 279 g/mol. The predicted octanol–water partition coefficient (Wildman–Crippen LogP) is 3.06. The van der Waals surface area contributed by atoms with Crippen molar-refractivity contribution in [2.45, 2.75) is 13.0 Å². The number of amides is 1. The van der Waals surface area contributed by atoms with E-state index in [0.717, 1.165) is 5.56 Å². The van der Waals surface area contributed by atoms with Gasteiger partial charge in [-0.25, -0.2) is 0 Å². The molecule has 0 radical (unpaired) electrons. The zero-order valence-corrected chi connectivity index (χ0v) is 12.1. The van der Waals surface area contributed by atoms with E-state index in [1.165, 1.54) is 10.8 Å². The van der Waals surface area contributed by atoms with Crippen molar-refractivity contribution in [3.8, 4) is 0 Å². The molecule has 2 aromatic carbocycles. The summed E-state index contributed by atoms with van der Waals surface area (Å²) < 4.78 is 1.62. The van der Waals surface area contributed by atoms with Gasteiger partial charge in [0.2, 0.25) is 0 Å². The Labute approximate surface area is 123 Å². The first kappa shape index (κ1) is 13.4. The summed E-state index contributed by atoms with van der Waals surface area (Å²) in [4.78, 5) is 12.1. The molecule has 3 rings (SSSR count). The van der Waals surface area contributed by atoms with Crippen LogP contribution in [0, 0.1) is 0 Å². The van der Waals surface area contributed by atoms with E-state index in [2.05, 4.69) is 40.7 Å². The number of aromatic nitrogens is 2. The van der Waals surface area contributed by atoms with Crippen LogP contribution in [-0.2, 0) is 7.05 Å². The third-order valence-corrected chi connectivity index (χ3v) is 3.59. The molecule has 4 heteroatoms. The molecule has 0 spiro atoms. The molecule has 0 saturated heterocycles. The molecular formula is C17H17N3O. The van der Waals surface area contributed by atoms with Crippen molar-refractivity contribution < 1.29 is 4.79 Å². The smallest absolute Gasteiger partial charge is 0.254 e. The molecule has 1 atom stereocenters. The molecule has 0 aliphatic heterocycles. The largest absolute Gasteiger partial charge is 0.345 e. The lowest BCUT2D eigenvalue weighted by Gasteiger charge is -2.14. The summed E-state index contributed by atoms with van der Waals surface area (Å²) in [6.45, 7) is 1.98.